The summed E-state index contributed by atoms with van der Waals surface area (Å²) in [5, 5.41) is 0. The Bertz CT molecular complexity index is 815. The van der Waals surface area contributed by atoms with Crippen LogP contribution in [-0.2, 0) is 4.74 Å². The van der Waals surface area contributed by atoms with Crippen molar-refractivity contribution in [1.29, 1.82) is 0 Å². The first-order valence-corrected chi connectivity index (χ1v) is 9.43. The Morgan fingerprint density at radius 2 is 1.96 bits per heavy atom. The molecule has 0 bridgehead atoms. The van der Waals surface area contributed by atoms with Crippen LogP contribution in [0.4, 0.5) is 0 Å². The summed E-state index contributed by atoms with van der Waals surface area (Å²) in [6.07, 6.45) is 5.56. The van der Waals surface area contributed by atoms with Crippen LogP contribution in [0, 0.1) is 11.8 Å². The van der Waals surface area contributed by atoms with Crippen LogP contribution in [-0.4, -0.2) is 30.4 Å². The highest BCUT2D eigenvalue weighted by Crippen LogP contribution is 2.13. The second-order valence-corrected chi connectivity index (χ2v) is 6.31. The smallest absolute Gasteiger partial charge is 0.339 e. The summed E-state index contributed by atoms with van der Waals surface area (Å²) < 4.78 is 10.6. The lowest BCUT2D eigenvalue weighted by molar-refractivity contribution is 0.0526. The second kappa shape index (κ2) is 10.3. The van der Waals surface area contributed by atoms with Crippen LogP contribution in [0.25, 0.3) is 0 Å². The first-order chi connectivity index (χ1) is 12.6. The number of hydrogen-bond acceptors (Lipinski definition) is 5. The summed E-state index contributed by atoms with van der Waals surface area (Å²) in [4.78, 5) is 17.0. The molecule has 0 N–H and O–H groups in total. The van der Waals surface area contributed by atoms with Crippen molar-refractivity contribution in [2.45, 2.75) is 13.8 Å². The molecule has 2 rings (SSSR count). The number of pyridine rings is 1. The monoisotopic (exact) mass is 367 g/mol. The number of nitrogens with zero attached hydrogens (tertiary/aromatic N) is 1. The maximum Gasteiger partial charge on any atom is 0.339 e. The Morgan fingerprint density at radius 3 is 2.58 bits per heavy atom. The predicted octanol–water partition coefficient (Wildman–Crippen LogP) is 4.30. The van der Waals surface area contributed by atoms with E-state index < -0.39 is 0 Å². The van der Waals surface area contributed by atoms with E-state index in [4.69, 9.17) is 9.47 Å². The molecule has 2 aromatic rings. The first-order valence-electron chi connectivity index (χ1n) is 8.21. The predicted molar refractivity (Wildman–Crippen MR) is 105 cm³/mol. The minimum Gasteiger partial charge on any atom is -0.490 e. The minimum absolute atomic E-state index is 0.341. The van der Waals surface area contributed by atoms with Gasteiger partial charge in [-0.15, -0.1) is 11.8 Å². The quantitative estimate of drug-likeness (QED) is 0.563. The molecule has 0 saturated carbocycles. The number of carbonyl (C=O) groups is 1. The number of aromatic nitrogens is 1. The van der Waals surface area contributed by atoms with E-state index >= 15 is 0 Å². The van der Waals surface area contributed by atoms with Crippen LogP contribution in [0.1, 0.15) is 35.5 Å². The molecule has 1 heterocycles. The highest BCUT2D eigenvalue weighted by molar-refractivity contribution is 8.02. The number of allylic oxidation sites excluding steroid dienone is 1. The molecule has 134 valence electrons. The average Bonchev–Trinajstić information content (AvgIpc) is 2.67. The van der Waals surface area contributed by atoms with E-state index in [1.807, 2.05) is 36.6 Å². The summed E-state index contributed by atoms with van der Waals surface area (Å²) in [5.74, 6) is 6.45. The minimum atomic E-state index is -0.377. The molecule has 0 amide bonds. The Hall–Kier alpha value is -2.71. The Morgan fingerprint density at radius 1 is 1.19 bits per heavy atom. The van der Waals surface area contributed by atoms with Gasteiger partial charge in [-0.2, -0.15) is 0 Å². The summed E-state index contributed by atoms with van der Waals surface area (Å²) in [6.45, 7) is 4.71. The van der Waals surface area contributed by atoms with Gasteiger partial charge in [-0.05, 0) is 73.4 Å². The van der Waals surface area contributed by atoms with Crippen molar-refractivity contribution in [3.63, 3.8) is 0 Å². The molecule has 0 aliphatic carbocycles. The highest BCUT2D eigenvalue weighted by atomic mass is 32.2. The zero-order valence-electron chi connectivity index (χ0n) is 15.1. The van der Waals surface area contributed by atoms with Gasteiger partial charge in [0.25, 0.3) is 0 Å². The number of esters is 1. The van der Waals surface area contributed by atoms with Gasteiger partial charge in [0.05, 0.1) is 12.2 Å². The second-order valence-electron chi connectivity index (χ2n) is 5.26. The number of ether oxygens (including phenoxy) is 2. The van der Waals surface area contributed by atoms with Gasteiger partial charge in [0, 0.05) is 11.8 Å². The molecule has 0 spiro atoms. The van der Waals surface area contributed by atoms with Gasteiger partial charge in [0.1, 0.15) is 18.1 Å². The molecule has 1 aromatic carbocycles. The first kappa shape index (κ1) is 19.6. The number of thioether (sulfide) groups is 1. The molecule has 1 aromatic heterocycles. The van der Waals surface area contributed by atoms with Crippen molar-refractivity contribution in [2.24, 2.45) is 0 Å². The zero-order valence-corrected chi connectivity index (χ0v) is 15.9. The van der Waals surface area contributed by atoms with Crippen molar-refractivity contribution in [3.05, 3.63) is 70.4 Å². The molecule has 0 atom stereocenters. The van der Waals surface area contributed by atoms with Crippen LogP contribution in [0.3, 0.4) is 0 Å². The average molecular weight is 367 g/mol. The molecule has 0 saturated heterocycles. The summed E-state index contributed by atoms with van der Waals surface area (Å²) in [7, 11) is 0. The van der Waals surface area contributed by atoms with Crippen LogP contribution in [0.5, 0.6) is 5.75 Å². The molecular weight excluding hydrogens is 346 g/mol. The molecule has 0 fully saturated rings. The van der Waals surface area contributed by atoms with Crippen molar-refractivity contribution in [3.8, 4) is 17.6 Å². The lowest BCUT2D eigenvalue weighted by atomic mass is 10.2. The van der Waals surface area contributed by atoms with E-state index in [9.17, 15) is 4.79 Å². The van der Waals surface area contributed by atoms with Crippen LogP contribution < -0.4 is 4.74 Å². The summed E-state index contributed by atoms with van der Waals surface area (Å²) in [5.41, 5.74) is 1.88. The normalized spacial score (nSPS) is 10.7. The topological polar surface area (TPSA) is 48.4 Å². The van der Waals surface area contributed by atoms with Crippen LogP contribution in [0.2, 0.25) is 0 Å². The maximum absolute atomic E-state index is 11.6. The van der Waals surface area contributed by atoms with Crippen molar-refractivity contribution in [1.82, 2.24) is 4.98 Å². The Labute approximate surface area is 158 Å². The van der Waals surface area contributed by atoms with E-state index in [1.54, 1.807) is 30.8 Å². The number of carbonyl (C=O) groups excluding carboxylic acids is 1. The molecule has 0 aliphatic rings. The number of hydrogen-bond donors (Lipinski definition) is 0. The zero-order chi connectivity index (χ0) is 18.8. The fourth-order valence-corrected chi connectivity index (χ4v) is 2.15. The molecule has 5 heteroatoms. The van der Waals surface area contributed by atoms with Gasteiger partial charge >= 0.3 is 5.97 Å². The standard InChI is InChI=1S/C21H21NO3S/c1-4-24-21(23)18-8-10-19(22-15-18)9-5-17-6-11-20(12-7-17)25-14-13-16(2)26-3/h6-8,10-13,15H,4,14H2,1-3H3/b16-13+. The number of rotatable bonds is 6. The van der Waals surface area contributed by atoms with E-state index in [0.717, 1.165) is 11.3 Å². The molecule has 0 aliphatic heterocycles. The van der Waals surface area contributed by atoms with Gasteiger partial charge in [-0.25, -0.2) is 9.78 Å². The van der Waals surface area contributed by atoms with E-state index in [2.05, 4.69) is 23.7 Å². The molecule has 26 heavy (non-hydrogen) atoms. The molecule has 0 unspecified atom stereocenters. The largest absolute Gasteiger partial charge is 0.490 e. The van der Waals surface area contributed by atoms with E-state index in [1.165, 1.54) is 11.1 Å². The Balaban J connectivity index is 1.96. The van der Waals surface area contributed by atoms with Crippen LogP contribution in [0.15, 0.2) is 53.6 Å². The van der Waals surface area contributed by atoms with E-state index in [0.29, 0.717) is 24.5 Å². The molecule has 0 radical (unpaired) electrons. The summed E-state index contributed by atoms with van der Waals surface area (Å²) in [6, 6.07) is 11.0. The highest BCUT2D eigenvalue weighted by Gasteiger charge is 2.05. The van der Waals surface area contributed by atoms with Gasteiger partial charge in [-0.3, -0.25) is 0 Å². The fraction of sp³-hybridized carbons (Fsp3) is 0.238. The van der Waals surface area contributed by atoms with Crippen LogP contribution >= 0.6 is 11.8 Å². The Kier molecular flexibility index (Phi) is 7.78. The van der Waals surface area contributed by atoms with Crippen molar-refractivity contribution >= 4 is 17.7 Å². The van der Waals surface area contributed by atoms with Gasteiger partial charge in [0.2, 0.25) is 0 Å². The van der Waals surface area contributed by atoms with Gasteiger partial charge in [0.15, 0.2) is 0 Å². The van der Waals surface area contributed by atoms with Crippen molar-refractivity contribution in [2.75, 3.05) is 19.5 Å². The maximum atomic E-state index is 11.6. The van der Waals surface area contributed by atoms with Gasteiger partial charge in [-0.1, -0.05) is 5.92 Å². The van der Waals surface area contributed by atoms with E-state index in [-0.39, 0.29) is 5.97 Å². The lowest BCUT2D eigenvalue weighted by Crippen LogP contribution is -2.05. The van der Waals surface area contributed by atoms with Gasteiger partial charge < -0.3 is 9.47 Å². The number of benzene rings is 1. The van der Waals surface area contributed by atoms with Crippen molar-refractivity contribution < 1.29 is 14.3 Å². The lowest BCUT2D eigenvalue weighted by Gasteiger charge is -2.03. The molecule has 4 nitrogen and oxygen atoms in total. The SMILES string of the molecule is CCOC(=O)c1ccc(C#Cc2ccc(OC/C=C(\C)SC)cc2)nc1. The summed E-state index contributed by atoms with van der Waals surface area (Å²) >= 11 is 1.70. The third kappa shape index (κ3) is 6.30. The fourth-order valence-electron chi connectivity index (χ4n) is 1.91. The third-order valence-corrected chi connectivity index (χ3v) is 4.22. The third-order valence-electron chi connectivity index (χ3n) is 3.41. The molecular formula is C21H21NO3S.